The van der Waals surface area contributed by atoms with E-state index in [1.165, 1.54) is 5.69 Å². The van der Waals surface area contributed by atoms with E-state index < -0.39 is 0 Å². The number of piperazine rings is 1. The molecule has 25 heavy (non-hydrogen) atoms. The number of hydrogen-bond donors (Lipinski definition) is 1. The summed E-state index contributed by atoms with van der Waals surface area (Å²) in [5.74, 6) is 0.791. The largest absolute Gasteiger partial charge is 0.391 e. The van der Waals surface area contributed by atoms with Crippen molar-refractivity contribution < 1.29 is 5.11 Å². The first-order chi connectivity index (χ1) is 11.7. The fraction of sp³-hybridized carbons (Fsp3) is 0.684. The molecule has 0 radical (unpaired) electrons. The zero-order chi connectivity index (χ0) is 18.2. The van der Waals surface area contributed by atoms with Crippen LogP contribution < -0.4 is 0 Å². The molecule has 1 aliphatic heterocycles. The summed E-state index contributed by atoms with van der Waals surface area (Å²) in [5, 5.41) is 10.3. The molecule has 0 spiro atoms. The zero-order valence-electron chi connectivity index (χ0n) is 16.2. The number of hydrogen-bond acceptors (Lipinski definition) is 5. The molecule has 1 atom stereocenters. The van der Waals surface area contributed by atoms with Gasteiger partial charge < -0.3 is 5.11 Å². The lowest BCUT2D eigenvalue weighted by atomic mass is 9.89. The van der Waals surface area contributed by atoms with E-state index in [1.54, 1.807) is 0 Å². The van der Waals surface area contributed by atoms with Gasteiger partial charge in [0.2, 0.25) is 5.78 Å². The van der Waals surface area contributed by atoms with Crippen LogP contribution in [0.25, 0.3) is 5.78 Å². The van der Waals surface area contributed by atoms with Gasteiger partial charge in [0.1, 0.15) is 0 Å². The molecule has 2 aromatic rings. The summed E-state index contributed by atoms with van der Waals surface area (Å²) in [6, 6.07) is 2.08. The highest BCUT2D eigenvalue weighted by molar-refractivity contribution is 5.34. The van der Waals surface area contributed by atoms with E-state index in [9.17, 15) is 5.11 Å². The predicted molar refractivity (Wildman–Crippen MR) is 99.6 cm³/mol. The number of aryl methyl sites for hydroxylation is 2. The summed E-state index contributed by atoms with van der Waals surface area (Å²) in [5.41, 5.74) is 3.19. The minimum absolute atomic E-state index is 0.0589. The van der Waals surface area contributed by atoms with Crippen molar-refractivity contribution in [1.29, 1.82) is 0 Å². The average molecular weight is 345 g/mol. The maximum Gasteiger partial charge on any atom is 0.234 e. The Morgan fingerprint density at radius 1 is 1.08 bits per heavy atom. The Bertz CT molecular complexity index is 725. The quantitative estimate of drug-likeness (QED) is 0.917. The Morgan fingerprint density at radius 2 is 1.72 bits per heavy atom. The fourth-order valence-corrected chi connectivity index (χ4v) is 3.27. The highest BCUT2D eigenvalue weighted by Gasteiger charge is 2.26. The second-order valence-corrected chi connectivity index (χ2v) is 8.40. The smallest absolute Gasteiger partial charge is 0.234 e. The van der Waals surface area contributed by atoms with Gasteiger partial charge in [-0.25, -0.2) is 9.97 Å². The Balaban J connectivity index is 1.57. The van der Waals surface area contributed by atoms with E-state index in [-0.39, 0.29) is 11.5 Å². The highest BCUT2D eigenvalue weighted by atomic mass is 16.3. The molecule has 3 heterocycles. The molecule has 6 nitrogen and oxygen atoms in total. The van der Waals surface area contributed by atoms with Crippen LogP contribution >= 0.6 is 0 Å². The Labute approximate surface area is 150 Å². The third-order valence-corrected chi connectivity index (χ3v) is 5.09. The van der Waals surface area contributed by atoms with E-state index in [4.69, 9.17) is 0 Å². The van der Waals surface area contributed by atoms with Crippen LogP contribution in [-0.2, 0) is 6.54 Å². The topological polar surface area (TPSA) is 56.9 Å². The number of aromatic nitrogens is 3. The van der Waals surface area contributed by atoms with Crippen LogP contribution in [0.3, 0.4) is 0 Å². The van der Waals surface area contributed by atoms with Crippen LogP contribution in [0.2, 0.25) is 0 Å². The maximum atomic E-state index is 10.3. The number of fused-ring (bicyclic) bond motifs is 1. The van der Waals surface area contributed by atoms with Crippen molar-refractivity contribution in [2.75, 3.05) is 32.7 Å². The predicted octanol–water partition coefficient (Wildman–Crippen LogP) is 1.87. The fourth-order valence-electron chi connectivity index (χ4n) is 3.27. The second kappa shape index (κ2) is 7.02. The number of aliphatic hydroxyl groups excluding tert-OH is 1. The third kappa shape index (κ3) is 4.37. The first-order valence-electron chi connectivity index (χ1n) is 9.17. The number of imidazole rings is 1. The molecule has 1 fully saturated rings. The number of β-amino-alcohol motifs (C(OH)–C–C–N with tert-alkyl or cyclic N) is 1. The lowest BCUT2D eigenvalue weighted by molar-refractivity contribution is 0.0124. The standard InChI is InChI=1S/C19H31N5O/c1-14-10-15(2)24-12-16(21-18(24)20-14)11-22-6-8-23(9-7-22)13-17(25)19(3,4)5/h10,12,17,25H,6-9,11,13H2,1-5H3/t17-/m1/s1. The average Bonchev–Trinajstić information content (AvgIpc) is 2.91. The first-order valence-corrected chi connectivity index (χ1v) is 9.17. The molecule has 0 saturated carbocycles. The lowest BCUT2D eigenvalue weighted by Gasteiger charge is -2.37. The molecule has 0 aromatic carbocycles. The summed E-state index contributed by atoms with van der Waals surface area (Å²) < 4.78 is 2.07. The summed E-state index contributed by atoms with van der Waals surface area (Å²) in [6.07, 6.45) is 1.82. The zero-order valence-corrected chi connectivity index (χ0v) is 16.2. The Morgan fingerprint density at radius 3 is 2.36 bits per heavy atom. The Kier molecular flexibility index (Phi) is 5.14. The van der Waals surface area contributed by atoms with Crippen LogP contribution in [-0.4, -0.2) is 68.1 Å². The van der Waals surface area contributed by atoms with Crippen molar-refractivity contribution in [3.63, 3.8) is 0 Å². The molecule has 2 aromatic heterocycles. The van der Waals surface area contributed by atoms with Gasteiger partial charge in [-0.3, -0.25) is 14.2 Å². The summed E-state index contributed by atoms with van der Waals surface area (Å²) in [6.45, 7) is 16.0. The molecule has 1 N–H and O–H groups in total. The van der Waals surface area contributed by atoms with Crippen molar-refractivity contribution in [3.8, 4) is 0 Å². The van der Waals surface area contributed by atoms with Gasteiger partial charge in [-0.2, -0.15) is 0 Å². The van der Waals surface area contributed by atoms with Crippen molar-refractivity contribution in [2.24, 2.45) is 5.41 Å². The normalized spacial score (nSPS) is 18.8. The molecular formula is C19H31N5O. The summed E-state index contributed by atoms with van der Waals surface area (Å²) in [4.78, 5) is 14.0. The minimum Gasteiger partial charge on any atom is -0.391 e. The van der Waals surface area contributed by atoms with Gasteiger partial charge in [0.25, 0.3) is 0 Å². The highest BCUT2D eigenvalue weighted by Crippen LogP contribution is 2.20. The van der Waals surface area contributed by atoms with E-state index in [1.807, 2.05) is 6.92 Å². The SMILES string of the molecule is Cc1cc(C)n2cc(CN3CCN(C[C@@H](O)C(C)(C)C)CC3)nc2n1. The Hall–Kier alpha value is -1.50. The number of rotatable bonds is 4. The molecular weight excluding hydrogens is 314 g/mol. The number of nitrogens with zero attached hydrogens (tertiary/aromatic N) is 5. The molecule has 0 bridgehead atoms. The molecule has 3 rings (SSSR count). The van der Waals surface area contributed by atoms with E-state index in [0.29, 0.717) is 0 Å². The van der Waals surface area contributed by atoms with Gasteiger partial charge in [0.05, 0.1) is 11.8 Å². The number of aliphatic hydroxyl groups is 1. The van der Waals surface area contributed by atoms with Crippen LogP contribution in [0, 0.1) is 19.3 Å². The summed E-state index contributed by atoms with van der Waals surface area (Å²) in [7, 11) is 0. The monoisotopic (exact) mass is 345 g/mol. The van der Waals surface area contributed by atoms with E-state index >= 15 is 0 Å². The van der Waals surface area contributed by atoms with Crippen LogP contribution in [0.15, 0.2) is 12.3 Å². The molecule has 1 aliphatic rings. The van der Waals surface area contributed by atoms with Gasteiger partial charge in [-0.05, 0) is 25.3 Å². The van der Waals surface area contributed by atoms with Gasteiger partial charge in [-0.15, -0.1) is 0 Å². The molecule has 138 valence electrons. The molecule has 0 aliphatic carbocycles. The minimum atomic E-state index is -0.283. The van der Waals surface area contributed by atoms with E-state index in [0.717, 1.165) is 56.4 Å². The molecule has 6 heteroatoms. The van der Waals surface area contributed by atoms with Gasteiger partial charge >= 0.3 is 0 Å². The van der Waals surface area contributed by atoms with Crippen molar-refractivity contribution in [3.05, 3.63) is 29.3 Å². The molecule has 0 amide bonds. The van der Waals surface area contributed by atoms with Crippen molar-refractivity contribution in [2.45, 2.75) is 47.3 Å². The molecule has 0 unspecified atom stereocenters. The second-order valence-electron chi connectivity index (χ2n) is 8.40. The van der Waals surface area contributed by atoms with E-state index in [2.05, 4.69) is 64.1 Å². The van der Waals surface area contributed by atoms with Gasteiger partial charge in [0, 0.05) is 56.9 Å². The van der Waals surface area contributed by atoms with Crippen LogP contribution in [0.5, 0.6) is 0 Å². The maximum absolute atomic E-state index is 10.3. The lowest BCUT2D eigenvalue weighted by Crippen LogP contribution is -2.49. The van der Waals surface area contributed by atoms with Crippen LogP contribution in [0.4, 0.5) is 0 Å². The third-order valence-electron chi connectivity index (χ3n) is 5.09. The van der Waals surface area contributed by atoms with Gasteiger partial charge in [-0.1, -0.05) is 20.8 Å². The van der Waals surface area contributed by atoms with Crippen LogP contribution in [0.1, 0.15) is 37.9 Å². The van der Waals surface area contributed by atoms with Gasteiger partial charge in [0.15, 0.2) is 0 Å². The molecule has 1 saturated heterocycles. The van der Waals surface area contributed by atoms with Crippen molar-refractivity contribution in [1.82, 2.24) is 24.2 Å². The first kappa shape index (κ1) is 18.3. The summed E-state index contributed by atoms with van der Waals surface area (Å²) >= 11 is 0. The van der Waals surface area contributed by atoms with Crippen molar-refractivity contribution >= 4 is 5.78 Å².